The van der Waals surface area contributed by atoms with Crippen molar-refractivity contribution in [2.24, 2.45) is 0 Å². The van der Waals surface area contributed by atoms with Crippen LogP contribution in [0.25, 0.3) is 11.0 Å². The van der Waals surface area contributed by atoms with Crippen molar-refractivity contribution in [3.8, 4) is 0 Å². The molecule has 1 aromatic carbocycles. The van der Waals surface area contributed by atoms with Crippen molar-refractivity contribution in [2.75, 3.05) is 20.2 Å². The van der Waals surface area contributed by atoms with Crippen LogP contribution in [0.3, 0.4) is 0 Å². The number of fused-ring (bicyclic) bond motifs is 1. The van der Waals surface area contributed by atoms with Crippen LogP contribution < -0.4 is 10.6 Å². The first-order valence-electron chi connectivity index (χ1n) is 11.6. The lowest BCUT2D eigenvalue weighted by atomic mass is 10.1. The number of benzene rings is 1. The van der Waals surface area contributed by atoms with Crippen molar-refractivity contribution in [1.82, 2.24) is 35.8 Å². The average molecular weight is 528 g/mol. The van der Waals surface area contributed by atoms with E-state index >= 15 is 0 Å². The Hall–Kier alpha value is -3.68. The van der Waals surface area contributed by atoms with Gasteiger partial charge in [0.25, 0.3) is 5.91 Å². The molecule has 0 saturated carbocycles. The number of rotatable bonds is 6. The van der Waals surface area contributed by atoms with Crippen LogP contribution in [-0.4, -0.2) is 69.1 Å². The van der Waals surface area contributed by atoms with Gasteiger partial charge >= 0.3 is 12.2 Å². The van der Waals surface area contributed by atoms with Crippen molar-refractivity contribution in [1.29, 1.82) is 0 Å². The topological polar surface area (TPSA) is 138 Å². The van der Waals surface area contributed by atoms with E-state index in [-0.39, 0.29) is 24.2 Å². The number of H-pyrrole nitrogens is 1. The largest absolute Gasteiger partial charge is 0.416 e. The predicted octanol–water partition coefficient (Wildman–Crippen LogP) is 3.71. The van der Waals surface area contributed by atoms with E-state index in [1.54, 1.807) is 11.8 Å². The molecule has 1 aliphatic rings. The zero-order valence-corrected chi connectivity index (χ0v) is 21.6. The number of aromatic nitrogens is 4. The molecule has 0 atom stereocenters. The number of nitrogens with zero attached hydrogens (tertiary/aromatic N) is 4. The highest BCUT2D eigenvalue weighted by Crippen LogP contribution is 2.31. The molecule has 37 heavy (non-hydrogen) atoms. The lowest BCUT2D eigenvalue weighted by Crippen LogP contribution is -2.40. The Morgan fingerprint density at radius 3 is 2.46 bits per heavy atom. The molecule has 4 rings (SSSR count). The summed E-state index contributed by atoms with van der Waals surface area (Å²) in [6, 6.07) is 5.76. The highest BCUT2D eigenvalue weighted by Gasteiger charge is 2.47. The number of methoxy groups -OCH3 is 1. The maximum atomic E-state index is 12.0. The van der Waals surface area contributed by atoms with Crippen molar-refractivity contribution in [2.45, 2.75) is 59.5 Å². The second-order valence-corrected chi connectivity index (χ2v) is 8.28. The van der Waals surface area contributed by atoms with E-state index in [1.807, 2.05) is 32.0 Å². The molecule has 3 N–H and O–H groups in total. The second-order valence-electron chi connectivity index (χ2n) is 8.28. The Balaban J connectivity index is 0.000000374. The lowest BCUT2D eigenvalue weighted by molar-refractivity contribution is -0.255. The summed E-state index contributed by atoms with van der Waals surface area (Å²) in [6.07, 6.45) is -4.28. The second kappa shape index (κ2) is 12.5. The van der Waals surface area contributed by atoms with Gasteiger partial charge in [0.1, 0.15) is 11.5 Å². The monoisotopic (exact) mass is 527 g/mol. The molecule has 3 amide bonds. The quantitative estimate of drug-likeness (QED) is 0.444. The highest BCUT2D eigenvalue weighted by atomic mass is 19.4. The summed E-state index contributed by atoms with van der Waals surface area (Å²) in [5.41, 5.74) is 1.23. The zero-order valence-electron chi connectivity index (χ0n) is 21.6. The van der Waals surface area contributed by atoms with Crippen molar-refractivity contribution in [3.63, 3.8) is 0 Å². The smallest absolute Gasteiger partial charge is 0.369 e. The Morgan fingerprint density at radius 2 is 1.95 bits per heavy atom. The van der Waals surface area contributed by atoms with Gasteiger partial charge in [0.15, 0.2) is 11.3 Å². The minimum absolute atomic E-state index is 0.0456. The van der Waals surface area contributed by atoms with Crippen LogP contribution in [-0.2, 0) is 17.8 Å². The fourth-order valence-corrected chi connectivity index (χ4v) is 2.98. The molecule has 3 heterocycles. The summed E-state index contributed by atoms with van der Waals surface area (Å²) in [5, 5.41) is 12.7. The summed E-state index contributed by atoms with van der Waals surface area (Å²) in [7, 11) is 1.04. The molecule has 2 aromatic heterocycles. The number of urea groups is 1. The minimum Gasteiger partial charge on any atom is -0.369 e. The number of alkyl halides is 3. The number of nitrogens with one attached hydrogen (secondary N) is 3. The molecule has 204 valence electrons. The zero-order chi connectivity index (χ0) is 27.8. The van der Waals surface area contributed by atoms with Gasteiger partial charge in [0.2, 0.25) is 0 Å². The molecule has 14 heteroatoms. The van der Waals surface area contributed by atoms with E-state index in [0.29, 0.717) is 31.2 Å². The third kappa shape index (κ3) is 7.65. The molecule has 0 aliphatic carbocycles. The summed E-state index contributed by atoms with van der Waals surface area (Å²) < 4.78 is 43.8. The number of imidazole rings is 1. The third-order valence-electron chi connectivity index (χ3n) is 5.39. The molecule has 1 saturated heterocycles. The van der Waals surface area contributed by atoms with Gasteiger partial charge in [-0.25, -0.2) is 14.4 Å². The van der Waals surface area contributed by atoms with Gasteiger partial charge in [0, 0.05) is 26.7 Å². The van der Waals surface area contributed by atoms with E-state index in [0.717, 1.165) is 37.6 Å². The first kappa shape index (κ1) is 29.5. The molecule has 0 bridgehead atoms. The molecule has 1 aliphatic heterocycles. The van der Waals surface area contributed by atoms with E-state index in [4.69, 9.17) is 0 Å². The summed E-state index contributed by atoms with van der Waals surface area (Å²) >= 11 is 0. The predicted molar refractivity (Wildman–Crippen MR) is 129 cm³/mol. The number of amides is 3. The molecule has 0 unspecified atom stereocenters. The normalized spacial score (nSPS) is 13.4. The van der Waals surface area contributed by atoms with Crippen LogP contribution in [0.1, 0.15) is 55.3 Å². The molecular weight excluding hydrogens is 495 g/mol. The maximum absolute atomic E-state index is 12.0. The molecule has 11 nitrogen and oxygen atoms in total. The lowest BCUT2D eigenvalue weighted by Gasteiger charge is -2.25. The Labute approximate surface area is 212 Å². The SMILES string of the molecule is CC.COC(C)(C)C(F)(F)F.Cc1nonc1C(=O)NCc1nc2ccc(CN3CCNC3=O)cc2[nH]1. The van der Waals surface area contributed by atoms with Gasteiger partial charge in [-0.15, -0.1) is 0 Å². The Morgan fingerprint density at radius 1 is 1.24 bits per heavy atom. The third-order valence-corrected chi connectivity index (χ3v) is 5.39. The molecule has 0 radical (unpaired) electrons. The van der Waals surface area contributed by atoms with Crippen LogP contribution in [0.2, 0.25) is 0 Å². The van der Waals surface area contributed by atoms with Crippen molar-refractivity contribution < 1.29 is 32.1 Å². The molecular formula is C23H32F3N7O4. The summed E-state index contributed by atoms with van der Waals surface area (Å²) in [5.74, 6) is 0.253. The van der Waals surface area contributed by atoms with Crippen LogP contribution in [0.5, 0.6) is 0 Å². The van der Waals surface area contributed by atoms with Gasteiger partial charge < -0.3 is 25.3 Å². The number of ether oxygens (including phenoxy) is 1. The summed E-state index contributed by atoms with van der Waals surface area (Å²) in [6.45, 7) is 9.76. The van der Waals surface area contributed by atoms with E-state index in [2.05, 4.69) is 40.3 Å². The highest BCUT2D eigenvalue weighted by molar-refractivity contribution is 5.92. The number of hydrogen-bond acceptors (Lipinski definition) is 7. The minimum atomic E-state index is -4.28. The number of carbonyl (C=O) groups is 2. The average Bonchev–Trinajstić information content (AvgIpc) is 3.58. The fourth-order valence-electron chi connectivity index (χ4n) is 2.98. The van der Waals surface area contributed by atoms with Crippen LogP contribution >= 0.6 is 0 Å². The molecule has 1 fully saturated rings. The number of aryl methyl sites for hydroxylation is 1. The molecule has 3 aromatic rings. The van der Waals surface area contributed by atoms with Crippen LogP contribution in [0, 0.1) is 6.92 Å². The van der Waals surface area contributed by atoms with Gasteiger partial charge in [-0.1, -0.05) is 25.1 Å². The van der Waals surface area contributed by atoms with Crippen LogP contribution in [0.15, 0.2) is 22.8 Å². The number of aromatic amines is 1. The van der Waals surface area contributed by atoms with E-state index in [1.165, 1.54) is 0 Å². The maximum Gasteiger partial charge on any atom is 0.416 e. The number of hydrogen-bond donors (Lipinski definition) is 3. The Kier molecular flexibility index (Phi) is 10.00. The van der Waals surface area contributed by atoms with Gasteiger partial charge in [0.05, 0.1) is 17.6 Å². The summed E-state index contributed by atoms with van der Waals surface area (Å²) in [4.78, 5) is 33.1. The van der Waals surface area contributed by atoms with Crippen molar-refractivity contribution >= 4 is 23.0 Å². The van der Waals surface area contributed by atoms with Gasteiger partial charge in [-0.3, -0.25) is 4.79 Å². The van der Waals surface area contributed by atoms with E-state index < -0.39 is 11.8 Å². The number of carbonyl (C=O) groups excluding carboxylic acids is 2. The number of halogens is 3. The first-order valence-corrected chi connectivity index (χ1v) is 11.6. The van der Waals surface area contributed by atoms with Crippen LogP contribution in [0.4, 0.5) is 18.0 Å². The van der Waals surface area contributed by atoms with Gasteiger partial charge in [-0.05, 0) is 43.6 Å². The van der Waals surface area contributed by atoms with Crippen molar-refractivity contribution in [3.05, 3.63) is 41.0 Å². The fraction of sp³-hybridized carbons (Fsp3) is 0.522. The Bertz CT molecular complexity index is 1190. The molecule has 0 spiro atoms. The van der Waals surface area contributed by atoms with E-state index in [9.17, 15) is 22.8 Å². The standard InChI is InChI=1S/C16H17N7O3.C5H9F3O.C2H6/c1-9-14(22-26-21-9)15(24)18-7-13-19-11-3-2-10(6-12(11)20-13)8-23-5-4-17-16(23)25;1-4(2,9-3)5(6,7)8;1-2/h2-3,6H,4-5,7-8H2,1H3,(H,17,25)(H,18,24)(H,19,20);1-3H3;1-2H3. The van der Waals surface area contributed by atoms with Gasteiger partial charge in [-0.2, -0.15) is 13.2 Å². The first-order chi connectivity index (χ1) is 17.4.